The lowest BCUT2D eigenvalue weighted by Gasteiger charge is -2.36. The second kappa shape index (κ2) is 6.04. The molecule has 1 saturated carbocycles. The molecule has 1 heterocycles. The first-order valence-electron chi connectivity index (χ1n) is 7.31. The van der Waals surface area contributed by atoms with Gasteiger partial charge < -0.3 is 15.0 Å². The fraction of sp³-hybridized carbons (Fsp3) is 0.533. The number of halogens is 3. The Labute approximate surface area is 132 Å². The molecule has 1 aromatic carbocycles. The minimum Gasteiger partial charge on any atom is -0.356 e. The summed E-state index contributed by atoms with van der Waals surface area (Å²) in [6.45, 7) is 1.28. The van der Waals surface area contributed by atoms with Gasteiger partial charge in [-0.25, -0.2) is 0 Å². The molecule has 22 heavy (non-hydrogen) atoms. The molecule has 2 fully saturated rings. The Hall–Kier alpha value is -1.34. The topological polar surface area (TPSA) is 24.5 Å². The Bertz CT molecular complexity index is 560. The number of nitrogens with one attached hydrogen (secondary N) is 1. The SMILES string of the molecule is FC(F)(F)c1cccc(NC(=S)N2CCOC2C2CCC2)c1. The van der Waals surface area contributed by atoms with Crippen molar-refractivity contribution in [2.45, 2.75) is 31.7 Å². The first-order chi connectivity index (χ1) is 10.4. The lowest BCUT2D eigenvalue weighted by molar-refractivity contribution is -0.137. The van der Waals surface area contributed by atoms with Crippen LogP contribution in [-0.2, 0) is 10.9 Å². The lowest BCUT2D eigenvalue weighted by Crippen LogP contribution is -2.44. The fourth-order valence-corrected chi connectivity index (χ4v) is 3.10. The van der Waals surface area contributed by atoms with E-state index in [1.807, 2.05) is 4.90 Å². The molecule has 3 nitrogen and oxygen atoms in total. The predicted molar refractivity (Wildman–Crippen MR) is 81.5 cm³/mol. The Balaban J connectivity index is 1.68. The van der Waals surface area contributed by atoms with Gasteiger partial charge >= 0.3 is 6.18 Å². The molecule has 1 atom stereocenters. The predicted octanol–water partition coefficient (Wildman–Crippen LogP) is 3.86. The highest BCUT2D eigenvalue weighted by molar-refractivity contribution is 7.80. The zero-order chi connectivity index (χ0) is 15.7. The molecule has 1 N–H and O–H groups in total. The van der Waals surface area contributed by atoms with Crippen LogP contribution in [0.4, 0.5) is 18.9 Å². The molecule has 0 spiro atoms. The van der Waals surface area contributed by atoms with Crippen LogP contribution in [0.25, 0.3) is 0 Å². The molecule has 1 saturated heterocycles. The molecule has 3 rings (SSSR count). The molecule has 1 aromatic rings. The minimum atomic E-state index is -4.36. The van der Waals surface area contributed by atoms with E-state index in [2.05, 4.69) is 5.32 Å². The van der Waals surface area contributed by atoms with Gasteiger partial charge in [0.25, 0.3) is 0 Å². The zero-order valence-electron chi connectivity index (χ0n) is 11.9. The second-order valence-corrected chi connectivity index (χ2v) is 6.04. The average molecular weight is 330 g/mol. The van der Waals surface area contributed by atoms with E-state index in [0.717, 1.165) is 25.0 Å². The lowest BCUT2D eigenvalue weighted by atomic mass is 9.84. The first kappa shape index (κ1) is 15.6. The van der Waals surface area contributed by atoms with Crippen LogP contribution < -0.4 is 5.32 Å². The number of thiocarbonyl (C=S) groups is 1. The maximum Gasteiger partial charge on any atom is 0.416 e. The number of nitrogens with zero attached hydrogens (tertiary/aromatic N) is 1. The van der Waals surface area contributed by atoms with Gasteiger partial charge in [0, 0.05) is 18.2 Å². The summed E-state index contributed by atoms with van der Waals surface area (Å²) in [4.78, 5) is 1.94. The zero-order valence-corrected chi connectivity index (χ0v) is 12.7. The number of hydrogen-bond acceptors (Lipinski definition) is 2. The molecule has 2 aliphatic rings. The largest absolute Gasteiger partial charge is 0.416 e. The van der Waals surface area contributed by atoms with Crippen LogP contribution >= 0.6 is 12.2 Å². The van der Waals surface area contributed by atoms with Gasteiger partial charge in [-0.1, -0.05) is 12.5 Å². The standard InChI is InChI=1S/C15H17F3N2OS/c16-15(17,18)11-5-2-6-12(9-11)19-14(22)20-7-8-21-13(20)10-3-1-4-10/h2,5-6,9-10,13H,1,3-4,7-8H2,(H,19,22). The van der Waals surface area contributed by atoms with Gasteiger partial charge in [0.1, 0.15) is 6.23 Å². The van der Waals surface area contributed by atoms with Gasteiger partial charge in [0.2, 0.25) is 0 Å². The Morgan fingerprint density at radius 3 is 2.73 bits per heavy atom. The Morgan fingerprint density at radius 1 is 1.32 bits per heavy atom. The quantitative estimate of drug-likeness (QED) is 0.832. The van der Waals surface area contributed by atoms with Gasteiger partial charge in [-0.3, -0.25) is 0 Å². The summed E-state index contributed by atoms with van der Waals surface area (Å²) in [5.74, 6) is 0.476. The first-order valence-corrected chi connectivity index (χ1v) is 7.72. The van der Waals surface area contributed by atoms with Gasteiger partial charge in [-0.15, -0.1) is 0 Å². The van der Waals surface area contributed by atoms with Gasteiger partial charge in [0.15, 0.2) is 5.11 Å². The summed E-state index contributed by atoms with van der Waals surface area (Å²) < 4.78 is 43.9. The highest BCUT2D eigenvalue weighted by atomic mass is 32.1. The van der Waals surface area contributed by atoms with Gasteiger partial charge in [-0.05, 0) is 43.3 Å². The van der Waals surface area contributed by atoms with E-state index in [4.69, 9.17) is 17.0 Å². The van der Waals surface area contributed by atoms with E-state index in [1.165, 1.54) is 12.5 Å². The summed E-state index contributed by atoms with van der Waals surface area (Å²) >= 11 is 5.35. The van der Waals surface area contributed by atoms with Crippen molar-refractivity contribution in [3.8, 4) is 0 Å². The summed E-state index contributed by atoms with van der Waals surface area (Å²) in [5.41, 5.74) is -0.340. The maximum atomic E-state index is 12.7. The number of benzene rings is 1. The molecular formula is C15H17F3N2OS. The van der Waals surface area contributed by atoms with Crippen LogP contribution in [0.1, 0.15) is 24.8 Å². The van der Waals surface area contributed by atoms with Gasteiger partial charge in [-0.2, -0.15) is 13.2 Å². The van der Waals surface area contributed by atoms with E-state index in [-0.39, 0.29) is 6.23 Å². The molecule has 1 aliphatic carbocycles. The van der Waals surface area contributed by atoms with Crippen molar-refractivity contribution in [2.75, 3.05) is 18.5 Å². The third-order valence-corrected chi connectivity index (χ3v) is 4.52. The van der Waals surface area contributed by atoms with E-state index in [1.54, 1.807) is 6.07 Å². The minimum absolute atomic E-state index is 0.0421. The third kappa shape index (κ3) is 3.20. The molecule has 1 aliphatic heterocycles. The van der Waals surface area contributed by atoms with Crippen LogP contribution in [0.5, 0.6) is 0 Å². The molecule has 1 unspecified atom stereocenters. The van der Waals surface area contributed by atoms with Gasteiger partial charge in [0.05, 0.1) is 12.2 Å². The van der Waals surface area contributed by atoms with E-state index >= 15 is 0 Å². The monoisotopic (exact) mass is 330 g/mol. The van der Waals surface area contributed by atoms with Crippen molar-refractivity contribution in [3.05, 3.63) is 29.8 Å². The Morgan fingerprint density at radius 2 is 2.09 bits per heavy atom. The fourth-order valence-electron chi connectivity index (χ4n) is 2.79. The molecular weight excluding hydrogens is 313 g/mol. The molecule has 120 valence electrons. The van der Waals surface area contributed by atoms with Crippen LogP contribution in [0.2, 0.25) is 0 Å². The van der Waals surface area contributed by atoms with Crippen LogP contribution in [0, 0.1) is 5.92 Å². The van der Waals surface area contributed by atoms with Crippen LogP contribution in [0.3, 0.4) is 0 Å². The number of rotatable bonds is 2. The van der Waals surface area contributed by atoms with Crippen molar-refractivity contribution < 1.29 is 17.9 Å². The summed E-state index contributed by atoms with van der Waals surface area (Å²) in [7, 11) is 0. The average Bonchev–Trinajstić information content (AvgIpc) is 2.85. The van der Waals surface area contributed by atoms with Crippen LogP contribution in [0.15, 0.2) is 24.3 Å². The maximum absolute atomic E-state index is 12.7. The summed E-state index contributed by atoms with van der Waals surface area (Å²) in [6.07, 6.45) is -0.961. The molecule has 0 bridgehead atoms. The number of hydrogen-bond donors (Lipinski definition) is 1. The molecule has 0 aromatic heterocycles. The molecule has 0 radical (unpaired) electrons. The van der Waals surface area contributed by atoms with E-state index in [0.29, 0.717) is 29.9 Å². The normalized spacial score (nSPS) is 22.5. The number of alkyl halides is 3. The highest BCUT2D eigenvalue weighted by Crippen LogP contribution is 2.35. The van der Waals surface area contributed by atoms with Crippen molar-refractivity contribution >= 4 is 23.0 Å². The van der Waals surface area contributed by atoms with Crippen molar-refractivity contribution in [1.29, 1.82) is 0 Å². The van der Waals surface area contributed by atoms with E-state index in [9.17, 15) is 13.2 Å². The second-order valence-electron chi connectivity index (χ2n) is 5.65. The van der Waals surface area contributed by atoms with Crippen molar-refractivity contribution in [3.63, 3.8) is 0 Å². The smallest absolute Gasteiger partial charge is 0.356 e. The molecule has 0 amide bonds. The molecule has 7 heteroatoms. The third-order valence-electron chi connectivity index (χ3n) is 4.18. The summed E-state index contributed by atoms with van der Waals surface area (Å²) in [6, 6.07) is 5.07. The Kier molecular flexibility index (Phi) is 4.27. The van der Waals surface area contributed by atoms with Crippen LogP contribution in [-0.4, -0.2) is 29.4 Å². The summed E-state index contributed by atoms with van der Waals surface area (Å²) in [5, 5.41) is 3.33. The highest BCUT2D eigenvalue weighted by Gasteiger charge is 2.37. The van der Waals surface area contributed by atoms with Crippen molar-refractivity contribution in [2.24, 2.45) is 5.92 Å². The van der Waals surface area contributed by atoms with Crippen molar-refractivity contribution in [1.82, 2.24) is 4.90 Å². The number of ether oxygens (including phenoxy) is 1. The number of anilines is 1. The van der Waals surface area contributed by atoms with E-state index < -0.39 is 11.7 Å².